The molecule has 0 aliphatic rings. The highest BCUT2D eigenvalue weighted by Crippen LogP contribution is 2.17. The molecule has 0 aliphatic carbocycles. The fourth-order valence-electron chi connectivity index (χ4n) is 2.41. The van der Waals surface area contributed by atoms with Crippen LogP contribution in [0, 0.1) is 13.8 Å². The van der Waals surface area contributed by atoms with Gasteiger partial charge in [-0.2, -0.15) is 5.10 Å². The smallest absolute Gasteiger partial charge is 0.297 e. The zero-order valence-electron chi connectivity index (χ0n) is 12.8. The van der Waals surface area contributed by atoms with Crippen molar-refractivity contribution in [3.8, 4) is 0 Å². The number of rotatable bonds is 3. The van der Waals surface area contributed by atoms with E-state index in [4.69, 9.17) is 11.6 Å². The molecule has 0 radical (unpaired) electrons. The Morgan fingerprint density at radius 2 is 1.90 bits per heavy atom. The maximum atomic E-state index is 12.5. The van der Waals surface area contributed by atoms with Gasteiger partial charge >= 0.3 is 5.69 Å². The second-order valence-electron chi connectivity index (χ2n) is 5.48. The van der Waals surface area contributed by atoms with E-state index in [9.17, 15) is 9.59 Å². The van der Waals surface area contributed by atoms with Crippen molar-refractivity contribution < 1.29 is 0 Å². The fourth-order valence-corrected chi connectivity index (χ4v) is 2.79. The highest BCUT2D eigenvalue weighted by molar-refractivity contribution is 6.30. The summed E-state index contributed by atoms with van der Waals surface area (Å²) in [5, 5.41) is 4.43. The summed E-state index contributed by atoms with van der Waals surface area (Å²) in [7, 11) is 1.83. The summed E-state index contributed by atoms with van der Waals surface area (Å²) in [6.45, 7) is 7.70. The Balaban J connectivity index is 2.63. The Morgan fingerprint density at radius 3 is 2.38 bits per heavy atom. The maximum absolute atomic E-state index is 12.5. The highest BCUT2D eigenvalue weighted by atomic mass is 35.5. The summed E-state index contributed by atoms with van der Waals surface area (Å²) in [5.41, 5.74) is 2.19. The first-order valence-corrected chi connectivity index (χ1v) is 7.13. The lowest BCUT2D eigenvalue weighted by atomic mass is 10.1. The fraction of sp³-hybridized carbons (Fsp3) is 0.500. The summed E-state index contributed by atoms with van der Waals surface area (Å²) in [6, 6.07) is 0. The third-order valence-corrected chi connectivity index (χ3v) is 4.02. The minimum absolute atomic E-state index is 0.0656. The van der Waals surface area contributed by atoms with Crippen LogP contribution in [0.1, 0.15) is 42.3 Å². The van der Waals surface area contributed by atoms with E-state index in [1.165, 1.54) is 4.57 Å². The van der Waals surface area contributed by atoms with Gasteiger partial charge in [-0.3, -0.25) is 19.0 Å². The average Bonchev–Trinajstić information content (AvgIpc) is 2.59. The van der Waals surface area contributed by atoms with Crippen LogP contribution in [-0.2, 0) is 13.6 Å². The number of aromatic nitrogens is 4. The van der Waals surface area contributed by atoms with Crippen LogP contribution in [0.25, 0.3) is 0 Å². The first-order chi connectivity index (χ1) is 9.73. The van der Waals surface area contributed by atoms with Gasteiger partial charge in [0.25, 0.3) is 5.56 Å². The zero-order chi connectivity index (χ0) is 15.9. The van der Waals surface area contributed by atoms with Crippen molar-refractivity contribution in [2.45, 2.75) is 40.2 Å². The number of H-pyrrole nitrogens is 1. The molecule has 7 heteroatoms. The van der Waals surface area contributed by atoms with Gasteiger partial charge in [0.1, 0.15) is 5.15 Å². The van der Waals surface area contributed by atoms with Gasteiger partial charge in [0.2, 0.25) is 0 Å². The second-order valence-corrected chi connectivity index (χ2v) is 5.85. The minimum atomic E-state index is -0.503. The molecule has 0 aliphatic heterocycles. The van der Waals surface area contributed by atoms with Crippen LogP contribution in [0.2, 0.25) is 5.15 Å². The largest absolute Gasteiger partial charge is 0.329 e. The first kappa shape index (κ1) is 15.6. The lowest BCUT2D eigenvalue weighted by molar-refractivity contribution is 0.664. The monoisotopic (exact) mass is 310 g/mol. The van der Waals surface area contributed by atoms with Gasteiger partial charge in [-0.1, -0.05) is 25.4 Å². The number of hydrogen-bond acceptors (Lipinski definition) is 3. The van der Waals surface area contributed by atoms with Crippen molar-refractivity contribution in [3.05, 3.63) is 48.5 Å². The van der Waals surface area contributed by atoms with Crippen LogP contribution >= 0.6 is 11.6 Å². The molecule has 0 saturated heterocycles. The second kappa shape index (κ2) is 5.52. The van der Waals surface area contributed by atoms with E-state index in [1.54, 1.807) is 4.68 Å². The zero-order valence-corrected chi connectivity index (χ0v) is 13.6. The van der Waals surface area contributed by atoms with E-state index in [2.05, 4.69) is 10.1 Å². The predicted molar refractivity (Wildman–Crippen MR) is 82.2 cm³/mol. The van der Waals surface area contributed by atoms with Crippen LogP contribution in [0.3, 0.4) is 0 Å². The number of halogens is 1. The summed E-state index contributed by atoms with van der Waals surface area (Å²) < 4.78 is 2.92. The van der Waals surface area contributed by atoms with Gasteiger partial charge < -0.3 is 0 Å². The normalized spacial score (nSPS) is 11.4. The van der Waals surface area contributed by atoms with Gasteiger partial charge in [-0.05, 0) is 19.8 Å². The molecule has 2 rings (SSSR count). The highest BCUT2D eigenvalue weighted by Gasteiger charge is 2.18. The molecular formula is C14H19ClN4O2. The predicted octanol–water partition coefficient (Wildman–Crippen LogP) is 1.71. The van der Waals surface area contributed by atoms with Crippen LogP contribution in [0.5, 0.6) is 0 Å². The lowest BCUT2D eigenvalue weighted by Crippen LogP contribution is -2.38. The Labute approximate surface area is 127 Å². The molecule has 0 atom stereocenters. The van der Waals surface area contributed by atoms with E-state index in [0.29, 0.717) is 5.56 Å². The SMILES string of the molecule is Cc1nn(C)c(C)c1Cn1c(=O)[nH]c(Cl)c(C(C)C)c1=O. The van der Waals surface area contributed by atoms with Crippen molar-refractivity contribution in [1.29, 1.82) is 0 Å². The molecule has 0 amide bonds. The van der Waals surface area contributed by atoms with Crippen LogP contribution in [0.4, 0.5) is 0 Å². The minimum Gasteiger partial charge on any atom is -0.297 e. The summed E-state index contributed by atoms with van der Waals surface area (Å²) >= 11 is 5.99. The van der Waals surface area contributed by atoms with Crippen LogP contribution in [-0.4, -0.2) is 19.3 Å². The standard InChI is InChI=1S/C14H19ClN4O2/c1-7(2)11-12(15)16-14(21)19(13(11)20)6-10-8(3)17-18(5)9(10)4/h7H,6H2,1-5H3,(H,16,21). The van der Waals surface area contributed by atoms with Gasteiger partial charge in [0, 0.05) is 18.3 Å². The third kappa shape index (κ3) is 2.68. The van der Waals surface area contributed by atoms with E-state index in [-0.39, 0.29) is 23.2 Å². The van der Waals surface area contributed by atoms with Gasteiger partial charge in [-0.25, -0.2) is 4.79 Å². The van der Waals surface area contributed by atoms with Crippen molar-refractivity contribution in [2.75, 3.05) is 0 Å². The molecule has 0 fully saturated rings. The summed E-state index contributed by atoms with van der Waals surface area (Å²) in [6.07, 6.45) is 0. The first-order valence-electron chi connectivity index (χ1n) is 6.75. The Hall–Kier alpha value is -1.82. The number of nitrogens with zero attached hydrogens (tertiary/aromatic N) is 3. The summed E-state index contributed by atoms with van der Waals surface area (Å²) in [4.78, 5) is 27.1. The topological polar surface area (TPSA) is 72.7 Å². The molecule has 21 heavy (non-hydrogen) atoms. The van der Waals surface area contributed by atoms with Gasteiger partial charge in [-0.15, -0.1) is 0 Å². The molecule has 2 heterocycles. The van der Waals surface area contributed by atoms with Crippen molar-refractivity contribution in [2.24, 2.45) is 7.05 Å². The molecule has 0 unspecified atom stereocenters. The quantitative estimate of drug-likeness (QED) is 0.877. The molecule has 0 spiro atoms. The van der Waals surface area contributed by atoms with E-state index >= 15 is 0 Å². The van der Waals surface area contributed by atoms with Crippen molar-refractivity contribution in [3.63, 3.8) is 0 Å². The Morgan fingerprint density at radius 1 is 1.29 bits per heavy atom. The summed E-state index contributed by atoms with van der Waals surface area (Å²) in [5.74, 6) is -0.0656. The Bertz CT molecular complexity index is 799. The number of hydrogen-bond donors (Lipinski definition) is 1. The molecule has 2 aromatic rings. The molecule has 114 valence electrons. The number of aryl methyl sites for hydroxylation is 2. The van der Waals surface area contributed by atoms with Gasteiger partial charge in [0.05, 0.1) is 17.8 Å². The van der Waals surface area contributed by atoms with Crippen LogP contribution < -0.4 is 11.2 Å². The van der Waals surface area contributed by atoms with Crippen molar-refractivity contribution >= 4 is 11.6 Å². The number of nitrogens with one attached hydrogen (secondary N) is 1. The Kier molecular flexibility index (Phi) is 4.09. The van der Waals surface area contributed by atoms with E-state index in [1.807, 2.05) is 34.7 Å². The van der Waals surface area contributed by atoms with Crippen LogP contribution in [0.15, 0.2) is 9.59 Å². The maximum Gasteiger partial charge on any atom is 0.329 e. The van der Waals surface area contributed by atoms with E-state index < -0.39 is 5.69 Å². The number of aromatic amines is 1. The van der Waals surface area contributed by atoms with Crippen molar-refractivity contribution in [1.82, 2.24) is 19.3 Å². The van der Waals surface area contributed by atoms with E-state index in [0.717, 1.165) is 17.0 Å². The third-order valence-electron chi connectivity index (χ3n) is 3.73. The van der Waals surface area contributed by atoms with Gasteiger partial charge in [0.15, 0.2) is 0 Å². The molecule has 0 bridgehead atoms. The molecule has 0 saturated carbocycles. The lowest BCUT2D eigenvalue weighted by Gasteiger charge is -2.11. The molecule has 1 N–H and O–H groups in total. The molecule has 2 aromatic heterocycles. The molecule has 6 nitrogen and oxygen atoms in total. The molecular weight excluding hydrogens is 292 g/mol. The average molecular weight is 311 g/mol. The molecule has 0 aromatic carbocycles.